The average Bonchev–Trinajstić information content (AvgIpc) is 2.54. The van der Waals surface area contributed by atoms with Gasteiger partial charge in [-0.2, -0.15) is 0 Å². The quantitative estimate of drug-likeness (QED) is 0.603. The molecule has 0 bridgehead atoms. The largest absolute Gasteiger partial charge is 0.308 e. The van der Waals surface area contributed by atoms with Crippen LogP contribution in [0.25, 0.3) is 0 Å². The van der Waals surface area contributed by atoms with Crippen LogP contribution in [0.5, 0.6) is 0 Å². The van der Waals surface area contributed by atoms with E-state index in [0.29, 0.717) is 12.8 Å². The Morgan fingerprint density at radius 2 is 2.00 bits per heavy atom. The molecule has 0 aromatic heterocycles. The number of fused-ring (bicyclic) bond motifs is 1. The molecule has 24 heavy (non-hydrogen) atoms. The van der Waals surface area contributed by atoms with Crippen molar-refractivity contribution in [1.29, 1.82) is 0 Å². The van der Waals surface area contributed by atoms with E-state index in [4.69, 9.17) is 11.6 Å². The second-order valence-corrected chi connectivity index (χ2v) is 5.77. The molecule has 0 spiro atoms. The van der Waals surface area contributed by atoms with Crippen LogP contribution < -0.4 is 4.90 Å². The standard InChI is InChI=1S/C16H11ClF2N2O3/c17-13-4-3-10(21(23)24)8-12(13)16(22)20-5-1-2-11-14(19)6-9(18)7-15(11)20/h3-4,6-8H,1-2,5H2. The van der Waals surface area contributed by atoms with E-state index in [1.54, 1.807) is 0 Å². The fourth-order valence-corrected chi connectivity index (χ4v) is 2.96. The van der Waals surface area contributed by atoms with E-state index in [2.05, 4.69) is 0 Å². The van der Waals surface area contributed by atoms with Gasteiger partial charge in [-0.15, -0.1) is 0 Å². The third kappa shape index (κ3) is 2.82. The molecule has 0 aliphatic carbocycles. The molecule has 0 unspecified atom stereocenters. The first-order chi connectivity index (χ1) is 11.4. The van der Waals surface area contributed by atoms with Crippen LogP contribution >= 0.6 is 11.6 Å². The highest BCUT2D eigenvalue weighted by molar-refractivity contribution is 6.34. The number of nitro groups is 1. The lowest BCUT2D eigenvalue weighted by molar-refractivity contribution is -0.384. The van der Waals surface area contributed by atoms with Crippen LogP contribution in [0.4, 0.5) is 20.2 Å². The summed E-state index contributed by atoms with van der Waals surface area (Å²) >= 11 is 5.99. The zero-order valence-electron chi connectivity index (χ0n) is 12.3. The maximum atomic E-state index is 13.9. The number of nitrogens with zero attached hydrogens (tertiary/aromatic N) is 2. The Hall–Kier alpha value is -2.54. The van der Waals surface area contributed by atoms with Gasteiger partial charge in [0, 0.05) is 30.3 Å². The molecule has 1 amide bonds. The summed E-state index contributed by atoms with van der Waals surface area (Å²) in [4.78, 5) is 24.2. The number of carbonyl (C=O) groups excluding carboxylic acids is 1. The minimum atomic E-state index is -0.795. The van der Waals surface area contributed by atoms with Gasteiger partial charge in [0.15, 0.2) is 0 Å². The summed E-state index contributed by atoms with van der Waals surface area (Å²) in [7, 11) is 0. The van der Waals surface area contributed by atoms with Crippen molar-refractivity contribution in [2.75, 3.05) is 11.4 Å². The smallest absolute Gasteiger partial charge is 0.270 e. The highest BCUT2D eigenvalue weighted by Gasteiger charge is 2.28. The molecule has 0 saturated heterocycles. The van der Waals surface area contributed by atoms with Crippen molar-refractivity contribution < 1.29 is 18.5 Å². The van der Waals surface area contributed by atoms with Gasteiger partial charge in [0.2, 0.25) is 0 Å². The minimum Gasteiger partial charge on any atom is -0.308 e. The molecule has 2 aromatic carbocycles. The summed E-state index contributed by atoms with van der Waals surface area (Å²) in [6.07, 6.45) is 0.877. The summed E-state index contributed by atoms with van der Waals surface area (Å²) in [6.45, 7) is 0.244. The molecule has 2 aromatic rings. The Labute approximate surface area is 140 Å². The number of anilines is 1. The maximum absolute atomic E-state index is 13.9. The second kappa shape index (κ2) is 6.16. The molecule has 0 saturated carbocycles. The lowest BCUT2D eigenvalue weighted by Crippen LogP contribution is -2.36. The minimum absolute atomic E-state index is 0.0367. The van der Waals surface area contributed by atoms with Crippen LogP contribution in [0.3, 0.4) is 0 Å². The van der Waals surface area contributed by atoms with Crippen molar-refractivity contribution in [3.8, 4) is 0 Å². The van der Waals surface area contributed by atoms with E-state index in [-0.39, 0.29) is 34.1 Å². The molecule has 0 N–H and O–H groups in total. The van der Waals surface area contributed by atoms with Crippen LogP contribution in [-0.2, 0) is 6.42 Å². The molecule has 1 aliphatic heterocycles. The molecule has 0 atom stereocenters. The first-order valence-electron chi connectivity index (χ1n) is 7.12. The first-order valence-corrected chi connectivity index (χ1v) is 7.50. The van der Waals surface area contributed by atoms with E-state index in [1.807, 2.05) is 0 Å². The third-order valence-electron chi connectivity index (χ3n) is 3.87. The Balaban J connectivity index is 2.07. The molecule has 3 rings (SSSR count). The molecule has 8 heteroatoms. The zero-order chi connectivity index (χ0) is 17.4. The Morgan fingerprint density at radius 1 is 1.25 bits per heavy atom. The summed E-state index contributed by atoms with van der Waals surface area (Å²) in [6, 6.07) is 5.36. The van der Waals surface area contributed by atoms with Crippen molar-refractivity contribution in [2.45, 2.75) is 12.8 Å². The zero-order valence-corrected chi connectivity index (χ0v) is 13.0. The second-order valence-electron chi connectivity index (χ2n) is 5.37. The van der Waals surface area contributed by atoms with Crippen molar-refractivity contribution in [3.63, 3.8) is 0 Å². The van der Waals surface area contributed by atoms with Gasteiger partial charge in [-0.25, -0.2) is 8.78 Å². The molecule has 0 radical (unpaired) electrons. The maximum Gasteiger partial charge on any atom is 0.270 e. The fourth-order valence-electron chi connectivity index (χ4n) is 2.76. The molecule has 124 valence electrons. The Bertz CT molecular complexity index is 857. The SMILES string of the molecule is O=C(c1cc([N+](=O)[O-])ccc1Cl)N1CCCc2c(F)cc(F)cc21. The van der Waals surface area contributed by atoms with Crippen LogP contribution in [-0.4, -0.2) is 17.4 Å². The van der Waals surface area contributed by atoms with E-state index in [9.17, 15) is 23.7 Å². The highest BCUT2D eigenvalue weighted by Crippen LogP contribution is 2.33. The van der Waals surface area contributed by atoms with Gasteiger partial charge in [0.25, 0.3) is 11.6 Å². The molecule has 1 heterocycles. The Kier molecular flexibility index (Phi) is 4.19. The third-order valence-corrected chi connectivity index (χ3v) is 4.20. The van der Waals surface area contributed by atoms with E-state index in [0.717, 1.165) is 18.2 Å². The number of hydrogen-bond acceptors (Lipinski definition) is 3. The van der Waals surface area contributed by atoms with Crippen molar-refractivity contribution in [1.82, 2.24) is 0 Å². The molecule has 5 nitrogen and oxygen atoms in total. The predicted molar refractivity (Wildman–Crippen MR) is 84.5 cm³/mol. The Morgan fingerprint density at radius 3 is 2.71 bits per heavy atom. The molecule has 1 aliphatic rings. The monoisotopic (exact) mass is 352 g/mol. The van der Waals surface area contributed by atoms with Gasteiger partial charge >= 0.3 is 0 Å². The van der Waals surface area contributed by atoms with Gasteiger partial charge in [0.05, 0.1) is 21.2 Å². The average molecular weight is 353 g/mol. The van der Waals surface area contributed by atoms with Gasteiger partial charge in [-0.3, -0.25) is 14.9 Å². The summed E-state index contributed by atoms with van der Waals surface area (Å²) in [5.41, 5.74) is 0.0117. The number of amides is 1. The van der Waals surface area contributed by atoms with Crippen LogP contribution in [0.2, 0.25) is 5.02 Å². The number of non-ortho nitro benzene ring substituents is 1. The molecular weight excluding hydrogens is 342 g/mol. The summed E-state index contributed by atoms with van der Waals surface area (Å²) in [5, 5.41) is 10.9. The number of nitro benzene ring substituents is 1. The summed E-state index contributed by atoms with van der Waals surface area (Å²) < 4.78 is 27.5. The fraction of sp³-hybridized carbons (Fsp3) is 0.188. The van der Waals surface area contributed by atoms with Gasteiger partial charge in [0.1, 0.15) is 11.6 Å². The van der Waals surface area contributed by atoms with Crippen molar-refractivity contribution in [3.05, 3.63) is 68.2 Å². The number of halogens is 3. The van der Waals surface area contributed by atoms with Gasteiger partial charge in [-0.1, -0.05) is 11.6 Å². The van der Waals surface area contributed by atoms with E-state index < -0.39 is 22.5 Å². The van der Waals surface area contributed by atoms with E-state index in [1.165, 1.54) is 17.0 Å². The normalized spacial score (nSPS) is 13.5. The van der Waals surface area contributed by atoms with Crippen LogP contribution in [0, 0.1) is 21.7 Å². The van der Waals surface area contributed by atoms with Gasteiger partial charge in [-0.05, 0) is 25.0 Å². The number of hydrogen-bond donors (Lipinski definition) is 0. The van der Waals surface area contributed by atoms with Crippen molar-refractivity contribution in [2.24, 2.45) is 0 Å². The number of rotatable bonds is 2. The van der Waals surface area contributed by atoms with Crippen LogP contribution in [0.15, 0.2) is 30.3 Å². The molecule has 0 fully saturated rings. The highest BCUT2D eigenvalue weighted by atomic mass is 35.5. The topological polar surface area (TPSA) is 63.4 Å². The van der Waals surface area contributed by atoms with E-state index >= 15 is 0 Å². The van der Waals surface area contributed by atoms with Gasteiger partial charge < -0.3 is 4.90 Å². The summed E-state index contributed by atoms with van der Waals surface area (Å²) in [5.74, 6) is -2.14. The number of benzene rings is 2. The lowest BCUT2D eigenvalue weighted by atomic mass is 9.99. The predicted octanol–water partition coefficient (Wildman–Crippen LogP) is 4.12. The first kappa shape index (κ1) is 16.3. The number of carbonyl (C=O) groups is 1. The lowest BCUT2D eigenvalue weighted by Gasteiger charge is -2.30. The van der Waals surface area contributed by atoms with Crippen molar-refractivity contribution >= 4 is 28.9 Å². The van der Waals surface area contributed by atoms with Crippen LogP contribution in [0.1, 0.15) is 22.3 Å². The molecular formula is C16H11ClF2N2O3.